The molecular weight excluding hydrogens is 370 g/mol. The van der Waals surface area contributed by atoms with Gasteiger partial charge in [-0.25, -0.2) is 8.78 Å². The van der Waals surface area contributed by atoms with Crippen LogP contribution >= 0.6 is 0 Å². The summed E-state index contributed by atoms with van der Waals surface area (Å²) in [6, 6.07) is 2.89. The van der Waals surface area contributed by atoms with Crippen molar-refractivity contribution in [1.29, 1.82) is 0 Å². The third kappa shape index (κ3) is 4.63. The van der Waals surface area contributed by atoms with E-state index in [0.29, 0.717) is 28.7 Å². The Hall–Kier alpha value is -3.01. The van der Waals surface area contributed by atoms with Crippen LogP contribution in [0, 0.1) is 11.6 Å². The number of benzene rings is 1. The minimum Gasteiger partial charge on any atom is -0.421 e. The smallest absolute Gasteiger partial charge is 0.326 e. The average Bonchev–Trinajstić information content (AvgIpc) is 2.97. The van der Waals surface area contributed by atoms with E-state index in [-0.39, 0.29) is 24.3 Å². The minimum atomic E-state index is -1.00. The quantitative estimate of drug-likeness (QED) is 0.488. The summed E-state index contributed by atoms with van der Waals surface area (Å²) in [7, 11) is 0. The van der Waals surface area contributed by atoms with Gasteiger partial charge < -0.3 is 20.5 Å². The summed E-state index contributed by atoms with van der Waals surface area (Å²) in [4.78, 5) is 8.50. The van der Waals surface area contributed by atoms with E-state index < -0.39 is 17.2 Å². The first-order chi connectivity index (χ1) is 13.1. The van der Waals surface area contributed by atoms with Crippen LogP contribution in [0.4, 0.5) is 20.4 Å². The highest BCUT2D eigenvalue weighted by Crippen LogP contribution is 2.31. The number of aromatic nitrogens is 4. The van der Waals surface area contributed by atoms with Crippen molar-refractivity contribution in [1.82, 2.24) is 20.2 Å². The zero-order valence-electron chi connectivity index (χ0n) is 16.0. The molecule has 0 aliphatic carbocycles. The first-order valence-corrected chi connectivity index (χ1v) is 8.74. The SMILES string of the molecule is CC(C)Nc1n[nH]c2nc(Oc3ccc(F)cc3F)nc(NCC(C)(C)O)c12. The van der Waals surface area contributed by atoms with Gasteiger partial charge in [-0.05, 0) is 39.8 Å². The van der Waals surface area contributed by atoms with Gasteiger partial charge in [0.05, 0.1) is 5.60 Å². The number of hydrogen-bond donors (Lipinski definition) is 4. The zero-order valence-corrected chi connectivity index (χ0v) is 16.0. The number of hydrogen-bond acceptors (Lipinski definition) is 7. The van der Waals surface area contributed by atoms with Crippen molar-refractivity contribution in [3.63, 3.8) is 0 Å². The Morgan fingerprint density at radius 2 is 1.96 bits per heavy atom. The molecule has 0 bridgehead atoms. The zero-order chi connectivity index (χ0) is 20.5. The number of aromatic amines is 1. The Morgan fingerprint density at radius 1 is 1.21 bits per heavy atom. The van der Waals surface area contributed by atoms with E-state index in [4.69, 9.17) is 4.74 Å². The van der Waals surface area contributed by atoms with Crippen LogP contribution in [0.5, 0.6) is 11.8 Å². The molecule has 4 N–H and O–H groups in total. The molecule has 3 aromatic rings. The minimum absolute atomic E-state index is 0.109. The molecule has 10 heteroatoms. The van der Waals surface area contributed by atoms with Crippen LogP contribution in [0.3, 0.4) is 0 Å². The molecular formula is C18H22F2N6O2. The van der Waals surface area contributed by atoms with Crippen LogP contribution in [0.15, 0.2) is 18.2 Å². The molecule has 0 spiro atoms. The summed E-state index contributed by atoms with van der Waals surface area (Å²) >= 11 is 0. The molecule has 28 heavy (non-hydrogen) atoms. The van der Waals surface area contributed by atoms with E-state index in [1.165, 1.54) is 0 Å². The topological polar surface area (TPSA) is 108 Å². The van der Waals surface area contributed by atoms with Crippen LogP contribution in [0.1, 0.15) is 27.7 Å². The lowest BCUT2D eigenvalue weighted by molar-refractivity contribution is 0.0944. The van der Waals surface area contributed by atoms with Gasteiger partial charge in [-0.1, -0.05) is 0 Å². The van der Waals surface area contributed by atoms with Gasteiger partial charge in [0.2, 0.25) is 0 Å². The standard InChI is InChI=1S/C18H22F2N6O2/c1-9(2)22-15-13-14(21-8-18(3,4)27)23-17(24-16(13)26-25-15)28-12-6-5-10(19)7-11(12)20/h5-7,9,27H,8H2,1-4H3,(H3,21,22,23,24,25,26). The fourth-order valence-corrected chi connectivity index (χ4v) is 2.42. The fraction of sp³-hybridized carbons (Fsp3) is 0.389. The van der Waals surface area contributed by atoms with Crippen molar-refractivity contribution in [2.45, 2.75) is 39.3 Å². The molecule has 0 amide bonds. The highest BCUT2D eigenvalue weighted by Gasteiger charge is 2.20. The molecule has 1 aromatic carbocycles. The van der Waals surface area contributed by atoms with Crippen molar-refractivity contribution in [2.24, 2.45) is 0 Å². The molecule has 8 nitrogen and oxygen atoms in total. The van der Waals surface area contributed by atoms with E-state index in [0.717, 1.165) is 12.1 Å². The van der Waals surface area contributed by atoms with Gasteiger partial charge in [-0.3, -0.25) is 5.10 Å². The van der Waals surface area contributed by atoms with Gasteiger partial charge in [0.25, 0.3) is 0 Å². The number of fused-ring (bicyclic) bond motifs is 1. The second-order valence-corrected chi connectivity index (χ2v) is 7.29. The molecule has 2 aromatic heterocycles. The van der Waals surface area contributed by atoms with Gasteiger partial charge in [0, 0.05) is 18.7 Å². The summed E-state index contributed by atoms with van der Waals surface area (Å²) in [5, 5.41) is 23.8. The van der Waals surface area contributed by atoms with E-state index in [1.54, 1.807) is 13.8 Å². The Balaban J connectivity index is 2.02. The molecule has 3 rings (SSSR count). The molecule has 0 atom stereocenters. The second-order valence-electron chi connectivity index (χ2n) is 7.29. The lowest BCUT2D eigenvalue weighted by Crippen LogP contribution is -2.29. The lowest BCUT2D eigenvalue weighted by Gasteiger charge is -2.19. The monoisotopic (exact) mass is 392 g/mol. The van der Waals surface area contributed by atoms with E-state index in [9.17, 15) is 13.9 Å². The summed E-state index contributed by atoms with van der Waals surface area (Å²) in [5.74, 6) is -0.924. The van der Waals surface area contributed by atoms with Crippen LogP contribution < -0.4 is 15.4 Å². The van der Waals surface area contributed by atoms with Crippen molar-refractivity contribution in [2.75, 3.05) is 17.2 Å². The van der Waals surface area contributed by atoms with Gasteiger partial charge in [-0.2, -0.15) is 15.1 Å². The Bertz CT molecular complexity index is 984. The predicted molar refractivity (Wildman–Crippen MR) is 102 cm³/mol. The molecule has 0 saturated heterocycles. The number of anilines is 2. The Labute approximate surface area is 160 Å². The summed E-state index contributed by atoms with van der Waals surface area (Å²) in [6.07, 6.45) is 0. The number of aliphatic hydroxyl groups is 1. The first kappa shape index (κ1) is 19.7. The number of ether oxygens (including phenoxy) is 1. The second kappa shape index (κ2) is 7.55. The maximum absolute atomic E-state index is 13.9. The molecule has 2 heterocycles. The number of rotatable bonds is 7. The Morgan fingerprint density at radius 3 is 2.61 bits per heavy atom. The van der Waals surface area contributed by atoms with Crippen molar-refractivity contribution in [3.05, 3.63) is 29.8 Å². The molecule has 0 aliphatic heterocycles. The number of halogens is 2. The van der Waals surface area contributed by atoms with E-state index in [1.807, 2.05) is 13.8 Å². The summed E-state index contributed by atoms with van der Waals surface area (Å²) in [5.41, 5.74) is -0.648. The molecule has 0 unspecified atom stereocenters. The highest BCUT2D eigenvalue weighted by atomic mass is 19.1. The maximum Gasteiger partial charge on any atom is 0.326 e. The number of nitrogens with one attached hydrogen (secondary N) is 3. The normalized spacial score (nSPS) is 11.9. The van der Waals surface area contributed by atoms with Gasteiger partial charge >= 0.3 is 6.01 Å². The van der Waals surface area contributed by atoms with Crippen LogP contribution in [0.2, 0.25) is 0 Å². The molecule has 0 saturated carbocycles. The van der Waals surface area contributed by atoms with Gasteiger partial charge in [0.15, 0.2) is 23.0 Å². The highest BCUT2D eigenvalue weighted by molar-refractivity contribution is 5.96. The Kier molecular flexibility index (Phi) is 5.32. The molecule has 0 aliphatic rings. The van der Waals surface area contributed by atoms with Crippen LogP contribution in [0.25, 0.3) is 11.0 Å². The number of nitrogens with zero attached hydrogens (tertiary/aromatic N) is 3. The molecule has 150 valence electrons. The van der Waals surface area contributed by atoms with Crippen molar-refractivity contribution < 1.29 is 18.6 Å². The average molecular weight is 392 g/mol. The fourth-order valence-electron chi connectivity index (χ4n) is 2.42. The third-order valence-corrected chi connectivity index (χ3v) is 3.61. The number of H-pyrrole nitrogens is 1. The molecule has 0 radical (unpaired) electrons. The van der Waals surface area contributed by atoms with Gasteiger partial charge in [-0.15, -0.1) is 0 Å². The molecule has 0 fully saturated rings. The van der Waals surface area contributed by atoms with Crippen molar-refractivity contribution in [3.8, 4) is 11.8 Å². The van der Waals surface area contributed by atoms with E-state index in [2.05, 4.69) is 30.8 Å². The third-order valence-electron chi connectivity index (χ3n) is 3.61. The lowest BCUT2D eigenvalue weighted by atomic mass is 10.1. The van der Waals surface area contributed by atoms with Crippen LogP contribution in [-0.2, 0) is 0 Å². The van der Waals surface area contributed by atoms with Crippen molar-refractivity contribution >= 4 is 22.7 Å². The maximum atomic E-state index is 13.9. The predicted octanol–water partition coefficient (Wildman–Crippen LogP) is 3.43. The first-order valence-electron chi connectivity index (χ1n) is 8.74. The van der Waals surface area contributed by atoms with Gasteiger partial charge in [0.1, 0.15) is 17.0 Å². The largest absolute Gasteiger partial charge is 0.421 e. The van der Waals surface area contributed by atoms with E-state index >= 15 is 0 Å². The van der Waals surface area contributed by atoms with Crippen LogP contribution in [-0.4, -0.2) is 43.5 Å². The summed E-state index contributed by atoms with van der Waals surface area (Å²) in [6.45, 7) is 7.40. The summed E-state index contributed by atoms with van der Waals surface area (Å²) < 4.78 is 32.4.